The SMILES string of the molecule is CN(CCNc1ccc(S(C)(=O)=O)cc1)C1CCCC1. The van der Waals surface area contributed by atoms with E-state index in [0.717, 1.165) is 24.8 Å². The van der Waals surface area contributed by atoms with Crippen molar-refractivity contribution in [3.63, 3.8) is 0 Å². The first-order chi connectivity index (χ1) is 9.47. The summed E-state index contributed by atoms with van der Waals surface area (Å²) in [4.78, 5) is 2.79. The number of anilines is 1. The quantitative estimate of drug-likeness (QED) is 0.875. The maximum atomic E-state index is 11.4. The highest BCUT2D eigenvalue weighted by atomic mass is 32.2. The van der Waals surface area contributed by atoms with E-state index in [1.165, 1.54) is 31.9 Å². The van der Waals surface area contributed by atoms with Gasteiger partial charge < -0.3 is 10.2 Å². The van der Waals surface area contributed by atoms with Gasteiger partial charge in [0.2, 0.25) is 0 Å². The van der Waals surface area contributed by atoms with Gasteiger partial charge in [-0.2, -0.15) is 0 Å². The van der Waals surface area contributed by atoms with E-state index < -0.39 is 9.84 Å². The molecule has 0 saturated heterocycles. The molecule has 2 rings (SSSR count). The van der Waals surface area contributed by atoms with Crippen LogP contribution in [0.4, 0.5) is 5.69 Å². The highest BCUT2D eigenvalue weighted by molar-refractivity contribution is 7.90. The summed E-state index contributed by atoms with van der Waals surface area (Å²) in [5, 5.41) is 3.34. The molecule has 112 valence electrons. The second-order valence-corrected chi connectivity index (χ2v) is 7.66. The Morgan fingerprint density at radius 1 is 1.20 bits per heavy atom. The van der Waals surface area contributed by atoms with E-state index in [9.17, 15) is 8.42 Å². The van der Waals surface area contributed by atoms with Gasteiger partial charge >= 0.3 is 0 Å². The number of likely N-dealkylation sites (N-methyl/N-ethyl adjacent to an activating group) is 1. The monoisotopic (exact) mass is 296 g/mol. The molecular formula is C15H24N2O2S. The van der Waals surface area contributed by atoms with E-state index >= 15 is 0 Å². The molecule has 0 bridgehead atoms. The zero-order chi connectivity index (χ0) is 14.6. The van der Waals surface area contributed by atoms with Crippen LogP contribution in [0.25, 0.3) is 0 Å². The Hall–Kier alpha value is -1.07. The molecule has 20 heavy (non-hydrogen) atoms. The van der Waals surface area contributed by atoms with Crippen molar-refractivity contribution in [1.29, 1.82) is 0 Å². The number of rotatable bonds is 6. The van der Waals surface area contributed by atoms with Crippen molar-refractivity contribution in [3.05, 3.63) is 24.3 Å². The summed E-state index contributed by atoms with van der Waals surface area (Å²) in [5.74, 6) is 0. The van der Waals surface area contributed by atoms with Gasteiger partial charge in [0.1, 0.15) is 0 Å². The Kier molecular flexibility index (Phi) is 5.05. The fourth-order valence-electron chi connectivity index (χ4n) is 2.72. The molecule has 0 amide bonds. The number of nitrogens with zero attached hydrogens (tertiary/aromatic N) is 1. The van der Waals surface area contributed by atoms with Gasteiger partial charge in [0, 0.05) is 31.1 Å². The van der Waals surface area contributed by atoms with Crippen LogP contribution in [0, 0.1) is 0 Å². The van der Waals surface area contributed by atoms with Crippen LogP contribution in [0.1, 0.15) is 25.7 Å². The lowest BCUT2D eigenvalue weighted by Crippen LogP contribution is -2.33. The van der Waals surface area contributed by atoms with Crippen LogP contribution in [0.3, 0.4) is 0 Å². The van der Waals surface area contributed by atoms with Gasteiger partial charge in [-0.15, -0.1) is 0 Å². The first-order valence-electron chi connectivity index (χ1n) is 7.21. The number of hydrogen-bond acceptors (Lipinski definition) is 4. The third-order valence-electron chi connectivity index (χ3n) is 4.02. The van der Waals surface area contributed by atoms with Gasteiger partial charge in [-0.1, -0.05) is 12.8 Å². The predicted octanol–water partition coefficient (Wildman–Crippen LogP) is 2.38. The van der Waals surface area contributed by atoms with Crippen LogP contribution in [0.2, 0.25) is 0 Å². The lowest BCUT2D eigenvalue weighted by atomic mass is 10.2. The second kappa shape index (κ2) is 6.59. The summed E-state index contributed by atoms with van der Waals surface area (Å²) in [6.45, 7) is 1.89. The van der Waals surface area contributed by atoms with Crippen molar-refractivity contribution in [1.82, 2.24) is 4.90 Å². The molecule has 1 N–H and O–H groups in total. The smallest absolute Gasteiger partial charge is 0.175 e. The number of benzene rings is 1. The van der Waals surface area contributed by atoms with Gasteiger partial charge in [0.15, 0.2) is 9.84 Å². The van der Waals surface area contributed by atoms with Crippen LogP contribution < -0.4 is 5.32 Å². The minimum Gasteiger partial charge on any atom is -0.384 e. The molecule has 0 aliphatic heterocycles. The second-order valence-electron chi connectivity index (χ2n) is 5.64. The first-order valence-corrected chi connectivity index (χ1v) is 9.10. The summed E-state index contributed by atoms with van der Waals surface area (Å²) >= 11 is 0. The summed E-state index contributed by atoms with van der Waals surface area (Å²) in [7, 11) is -0.916. The van der Waals surface area contributed by atoms with E-state index in [0.29, 0.717) is 4.90 Å². The van der Waals surface area contributed by atoms with Crippen LogP contribution >= 0.6 is 0 Å². The van der Waals surface area contributed by atoms with E-state index in [2.05, 4.69) is 17.3 Å². The molecule has 0 radical (unpaired) electrons. The van der Waals surface area contributed by atoms with E-state index in [1.807, 2.05) is 12.1 Å². The minimum absolute atomic E-state index is 0.367. The maximum absolute atomic E-state index is 11.4. The molecule has 0 unspecified atom stereocenters. The van der Waals surface area contributed by atoms with Crippen LogP contribution in [0.5, 0.6) is 0 Å². The normalized spacial score (nSPS) is 16.8. The van der Waals surface area contributed by atoms with Gasteiger partial charge in [-0.25, -0.2) is 8.42 Å². The molecule has 1 aromatic rings. The average molecular weight is 296 g/mol. The predicted molar refractivity (Wildman–Crippen MR) is 82.9 cm³/mol. The Bertz CT molecular complexity index is 519. The maximum Gasteiger partial charge on any atom is 0.175 e. The molecule has 1 aliphatic rings. The molecule has 1 fully saturated rings. The summed E-state index contributed by atoms with van der Waals surface area (Å²) in [5.41, 5.74) is 0.970. The van der Waals surface area contributed by atoms with Crippen LogP contribution in [-0.2, 0) is 9.84 Å². The molecule has 5 heteroatoms. The van der Waals surface area contributed by atoms with E-state index in [4.69, 9.17) is 0 Å². The zero-order valence-corrected chi connectivity index (χ0v) is 13.1. The van der Waals surface area contributed by atoms with Gasteiger partial charge in [0.25, 0.3) is 0 Å². The third kappa shape index (κ3) is 4.21. The minimum atomic E-state index is -3.10. The van der Waals surface area contributed by atoms with Gasteiger partial charge in [-0.05, 0) is 44.2 Å². The Balaban J connectivity index is 1.79. The molecule has 0 atom stereocenters. The average Bonchev–Trinajstić information content (AvgIpc) is 2.92. The molecule has 1 aliphatic carbocycles. The van der Waals surface area contributed by atoms with Crippen molar-refractivity contribution >= 4 is 15.5 Å². The van der Waals surface area contributed by atoms with Crippen molar-refractivity contribution < 1.29 is 8.42 Å². The summed E-state index contributed by atoms with van der Waals surface area (Å²) in [6, 6.07) is 7.69. The lowest BCUT2D eigenvalue weighted by molar-refractivity contribution is 0.254. The summed E-state index contributed by atoms with van der Waals surface area (Å²) in [6.07, 6.45) is 6.58. The van der Waals surface area contributed by atoms with E-state index in [-0.39, 0.29) is 0 Å². The molecular weight excluding hydrogens is 272 g/mol. The standard InChI is InChI=1S/C15H24N2O2S/c1-17(14-5-3-4-6-14)12-11-16-13-7-9-15(10-8-13)20(2,18)19/h7-10,14,16H,3-6,11-12H2,1-2H3. The number of sulfone groups is 1. The van der Waals surface area contributed by atoms with Gasteiger partial charge in [-0.3, -0.25) is 0 Å². The molecule has 4 nitrogen and oxygen atoms in total. The topological polar surface area (TPSA) is 49.4 Å². The molecule has 1 saturated carbocycles. The molecule has 0 heterocycles. The Morgan fingerprint density at radius 3 is 2.35 bits per heavy atom. The zero-order valence-electron chi connectivity index (χ0n) is 12.3. The Morgan fingerprint density at radius 2 is 1.80 bits per heavy atom. The van der Waals surface area contributed by atoms with Crippen molar-refractivity contribution in [2.24, 2.45) is 0 Å². The van der Waals surface area contributed by atoms with Crippen molar-refractivity contribution in [2.45, 2.75) is 36.6 Å². The van der Waals surface area contributed by atoms with Crippen LogP contribution in [-0.4, -0.2) is 45.8 Å². The third-order valence-corrected chi connectivity index (χ3v) is 5.15. The highest BCUT2D eigenvalue weighted by Gasteiger charge is 2.18. The molecule has 0 spiro atoms. The number of hydrogen-bond donors (Lipinski definition) is 1. The lowest BCUT2D eigenvalue weighted by Gasteiger charge is -2.24. The Labute approximate surface area is 122 Å². The fraction of sp³-hybridized carbons (Fsp3) is 0.600. The van der Waals surface area contributed by atoms with Crippen molar-refractivity contribution in [3.8, 4) is 0 Å². The fourth-order valence-corrected chi connectivity index (χ4v) is 3.35. The first kappa shape index (κ1) is 15.3. The number of nitrogens with one attached hydrogen (secondary N) is 1. The van der Waals surface area contributed by atoms with Crippen LogP contribution in [0.15, 0.2) is 29.2 Å². The molecule has 0 aromatic heterocycles. The van der Waals surface area contributed by atoms with E-state index in [1.54, 1.807) is 12.1 Å². The highest BCUT2D eigenvalue weighted by Crippen LogP contribution is 2.22. The molecule has 1 aromatic carbocycles. The van der Waals surface area contributed by atoms with Gasteiger partial charge in [0.05, 0.1) is 4.90 Å². The summed E-state index contributed by atoms with van der Waals surface area (Å²) < 4.78 is 22.7. The van der Waals surface area contributed by atoms with Crippen molar-refractivity contribution in [2.75, 3.05) is 31.7 Å². The largest absolute Gasteiger partial charge is 0.384 e.